The Morgan fingerprint density at radius 2 is 1.84 bits per heavy atom. The van der Waals surface area contributed by atoms with Crippen molar-refractivity contribution >= 4 is 16.8 Å². The van der Waals surface area contributed by atoms with Gasteiger partial charge in [0.15, 0.2) is 0 Å². The van der Waals surface area contributed by atoms with Gasteiger partial charge in [0, 0.05) is 31.7 Å². The fraction of sp³-hybridized carbons (Fsp3) is 0.400. The van der Waals surface area contributed by atoms with E-state index in [1.165, 1.54) is 6.42 Å². The Balaban J connectivity index is 1.49. The predicted octanol–water partition coefficient (Wildman–Crippen LogP) is 3.98. The number of amides is 1. The van der Waals surface area contributed by atoms with Crippen molar-refractivity contribution in [1.29, 1.82) is 0 Å². The largest absolute Gasteiger partial charge is 0.377 e. The highest BCUT2D eigenvalue weighted by atomic mass is 16.5. The van der Waals surface area contributed by atoms with Crippen molar-refractivity contribution < 1.29 is 9.53 Å². The highest BCUT2D eigenvalue weighted by Crippen LogP contribution is 2.16. The second kappa shape index (κ2) is 9.88. The van der Waals surface area contributed by atoms with Gasteiger partial charge in [0.05, 0.1) is 17.5 Å². The van der Waals surface area contributed by atoms with Crippen LogP contribution in [0, 0.1) is 0 Å². The zero-order valence-electron chi connectivity index (χ0n) is 18.0. The average Bonchev–Trinajstić information content (AvgIpc) is 2.77. The van der Waals surface area contributed by atoms with Crippen LogP contribution in [0.1, 0.15) is 59.9 Å². The van der Waals surface area contributed by atoms with Crippen LogP contribution in [0.25, 0.3) is 10.9 Å². The number of carbonyl (C=O) groups excluding carboxylic acids is 1. The van der Waals surface area contributed by atoms with Crippen molar-refractivity contribution in [2.24, 2.45) is 0 Å². The first-order valence-corrected chi connectivity index (χ1v) is 11.1. The summed E-state index contributed by atoms with van der Waals surface area (Å²) in [6, 6.07) is 13.2. The van der Waals surface area contributed by atoms with Crippen LogP contribution in [-0.2, 0) is 30.9 Å². The highest BCUT2D eigenvalue weighted by Gasteiger charge is 2.15. The highest BCUT2D eigenvalue weighted by molar-refractivity contribution is 5.97. The first-order chi connectivity index (χ1) is 15.2. The van der Waals surface area contributed by atoms with Crippen LogP contribution < -0.4 is 10.9 Å². The number of nitrogens with one attached hydrogen (secondary N) is 1. The summed E-state index contributed by atoms with van der Waals surface area (Å²) in [5.41, 5.74) is 3.25. The molecule has 0 atom stereocenters. The Labute approximate surface area is 182 Å². The molecule has 1 aromatic heterocycles. The van der Waals surface area contributed by atoms with Gasteiger partial charge in [0.25, 0.3) is 11.5 Å². The normalized spacial score (nSPS) is 14.0. The fourth-order valence-corrected chi connectivity index (χ4v) is 3.99. The quantitative estimate of drug-likeness (QED) is 0.656. The van der Waals surface area contributed by atoms with Gasteiger partial charge in [-0.2, -0.15) is 0 Å². The number of ether oxygens (including phenoxy) is 1. The maximum Gasteiger partial charge on any atom is 0.261 e. The molecule has 6 nitrogen and oxygen atoms in total. The van der Waals surface area contributed by atoms with Gasteiger partial charge in [0.2, 0.25) is 0 Å². The van der Waals surface area contributed by atoms with Crippen LogP contribution in [0.3, 0.4) is 0 Å². The summed E-state index contributed by atoms with van der Waals surface area (Å²) < 4.78 is 7.22. The molecule has 0 saturated carbocycles. The monoisotopic (exact) mass is 419 g/mol. The molecule has 2 heterocycles. The molecule has 1 aliphatic heterocycles. The lowest BCUT2D eigenvalue weighted by molar-refractivity contribution is 0.0951. The number of nitrogens with zero attached hydrogens (tertiary/aromatic N) is 2. The number of hydrogen-bond donors (Lipinski definition) is 1. The topological polar surface area (TPSA) is 73.2 Å². The van der Waals surface area contributed by atoms with Gasteiger partial charge in [-0.25, -0.2) is 4.98 Å². The summed E-state index contributed by atoms with van der Waals surface area (Å²) in [4.78, 5) is 30.4. The molecule has 3 aromatic rings. The lowest BCUT2D eigenvalue weighted by atomic mass is 10.1. The molecule has 0 radical (unpaired) electrons. The summed E-state index contributed by atoms with van der Waals surface area (Å²) in [5.74, 6) is 0.663. The Kier molecular flexibility index (Phi) is 6.77. The molecule has 0 spiro atoms. The molecule has 31 heavy (non-hydrogen) atoms. The van der Waals surface area contributed by atoms with Crippen molar-refractivity contribution in [1.82, 2.24) is 14.9 Å². The lowest BCUT2D eigenvalue weighted by Gasteiger charge is -2.16. The smallest absolute Gasteiger partial charge is 0.261 e. The molecule has 0 unspecified atom stereocenters. The fourth-order valence-electron chi connectivity index (χ4n) is 3.99. The predicted molar refractivity (Wildman–Crippen MR) is 121 cm³/mol. The van der Waals surface area contributed by atoms with E-state index in [4.69, 9.17) is 9.72 Å². The van der Waals surface area contributed by atoms with Gasteiger partial charge in [-0.3, -0.25) is 14.2 Å². The summed E-state index contributed by atoms with van der Waals surface area (Å²) >= 11 is 0. The van der Waals surface area contributed by atoms with Crippen LogP contribution in [-0.4, -0.2) is 22.1 Å². The number of benzene rings is 2. The van der Waals surface area contributed by atoms with E-state index in [1.54, 1.807) is 18.2 Å². The summed E-state index contributed by atoms with van der Waals surface area (Å²) in [6.45, 7) is 4.42. The van der Waals surface area contributed by atoms with E-state index in [9.17, 15) is 9.59 Å². The molecule has 162 valence electrons. The Bertz CT molecular complexity index is 1120. The van der Waals surface area contributed by atoms with Gasteiger partial charge in [0.1, 0.15) is 5.82 Å². The van der Waals surface area contributed by atoms with Gasteiger partial charge >= 0.3 is 0 Å². The molecular weight excluding hydrogens is 390 g/mol. The number of carbonyl (C=O) groups is 1. The molecule has 2 aromatic carbocycles. The van der Waals surface area contributed by atoms with Crippen LogP contribution >= 0.6 is 0 Å². The van der Waals surface area contributed by atoms with Crippen molar-refractivity contribution in [2.45, 2.75) is 58.7 Å². The Morgan fingerprint density at radius 3 is 2.65 bits per heavy atom. The minimum Gasteiger partial charge on any atom is -0.377 e. The molecule has 4 rings (SSSR count). The standard InChI is InChI=1S/C25H29N3O3/c1-2-31-17-19-10-8-18(9-11-19)16-26-24(29)20-12-13-21-22(15-20)27-23-7-5-3-4-6-14-28(23)25(21)30/h8-13,15H,2-7,14,16-17H2,1H3,(H,26,29). The third-order valence-electron chi connectivity index (χ3n) is 5.78. The molecule has 0 fully saturated rings. The van der Waals surface area contributed by atoms with Crippen molar-refractivity contribution in [2.75, 3.05) is 6.61 Å². The van der Waals surface area contributed by atoms with Crippen molar-refractivity contribution in [3.63, 3.8) is 0 Å². The average molecular weight is 420 g/mol. The molecule has 1 N–H and O–H groups in total. The second-order valence-electron chi connectivity index (χ2n) is 8.02. The number of aryl methyl sites for hydroxylation is 1. The van der Waals surface area contributed by atoms with E-state index in [1.807, 2.05) is 35.8 Å². The third-order valence-corrected chi connectivity index (χ3v) is 5.78. The van der Waals surface area contributed by atoms with Crippen molar-refractivity contribution in [3.05, 3.63) is 75.3 Å². The van der Waals surface area contributed by atoms with E-state index < -0.39 is 0 Å². The molecule has 6 heteroatoms. The first kappa shape index (κ1) is 21.2. The number of rotatable bonds is 6. The zero-order valence-corrected chi connectivity index (χ0v) is 18.0. The maximum absolute atomic E-state index is 12.9. The van der Waals surface area contributed by atoms with E-state index in [2.05, 4.69) is 5.32 Å². The van der Waals surface area contributed by atoms with Crippen LogP contribution in [0.5, 0.6) is 0 Å². The number of aromatic nitrogens is 2. The Morgan fingerprint density at radius 1 is 1.06 bits per heavy atom. The van der Waals surface area contributed by atoms with E-state index in [0.717, 1.165) is 49.2 Å². The maximum atomic E-state index is 12.9. The Hall–Kier alpha value is -2.99. The molecule has 1 aliphatic rings. The molecule has 0 saturated heterocycles. The van der Waals surface area contributed by atoms with E-state index >= 15 is 0 Å². The van der Waals surface area contributed by atoms with Gasteiger partial charge in [-0.15, -0.1) is 0 Å². The van der Waals surface area contributed by atoms with Crippen LogP contribution in [0.2, 0.25) is 0 Å². The third kappa shape index (κ3) is 5.02. The first-order valence-electron chi connectivity index (χ1n) is 11.1. The molecule has 0 aliphatic carbocycles. The number of hydrogen-bond acceptors (Lipinski definition) is 4. The lowest BCUT2D eigenvalue weighted by Crippen LogP contribution is -2.27. The molecule has 0 bridgehead atoms. The molecule has 1 amide bonds. The summed E-state index contributed by atoms with van der Waals surface area (Å²) in [5, 5.41) is 3.53. The molecular formula is C25H29N3O3. The SMILES string of the molecule is CCOCc1ccc(CNC(=O)c2ccc3c(=O)n4c(nc3c2)CCCCCC4)cc1. The summed E-state index contributed by atoms with van der Waals surface area (Å²) in [6.07, 6.45) is 5.18. The minimum atomic E-state index is -0.172. The van der Waals surface area contributed by atoms with Gasteiger partial charge < -0.3 is 10.1 Å². The van der Waals surface area contributed by atoms with Crippen LogP contribution in [0.15, 0.2) is 47.3 Å². The minimum absolute atomic E-state index is 0.000926. The van der Waals surface area contributed by atoms with E-state index in [0.29, 0.717) is 36.2 Å². The van der Waals surface area contributed by atoms with Crippen LogP contribution in [0.4, 0.5) is 0 Å². The van der Waals surface area contributed by atoms with Gasteiger partial charge in [-0.05, 0) is 49.1 Å². The van der Waals surface area contributed by atoms with E-state index in [-0.39, 0.29) is 11.5 Å². The zero-order chi connectivity index (χ0) is 21.6. The summed E-state index contributed by atoms with van der Waals surface area (Å²) in [7, 11) is 0. The second-order valence-corrected chi connectivity index (χ2v) is 8.02. The van der Waals surface area contributed by atoms with Gasteiger partial charge in [-0.1, -0.05) is 37.1 Å². The van der Waals surface area contributed by atoms with Crippen molar-refractivity contribution in [3.8, 4) is 0 Å². The number of fused-ring (bicyclic) bond motifs is 2.